The zero-order valence-electron chi connectivity index (χ0n) is 13.6. The summed E-state index contributed by atoms with van der Waals surface area (Å²) in [7, 11) is 0. The molecule has 2 aromatic rings. The molecule has 6 nitrogen and oxygen atoms in total. The Morgan fingerprint density at radius 2 is 2.00 bits per heavy atom. The van der Waals surface area contributed by atoms with E-state index in [-0.39, 0.29) is 17.4 Å². The highest BCUT2D eigenvalue weighted by molar-refractivity contribution is 5.73. The Morgan fingerprint density at radius 3 is 2.75 bits per heavy atom. The lowest BCUT2D eigenvalue weighted by Gasteiger charge is -2.42. The number of piperidine rings is 1. The van der Waals surface area contributed by atoms with Crippen LogP contribution in [0.3, 0.4) is 0 Å². The van der Waals surface area contributed by atoms with E-state index in [0.29, 0.717) is 24.7 Å². The van der Waals surface area contributed by atoms with Crippen LogP contribution in [0.5, 0.6) is 0 Å². The number of aromatic nitrogens is 2. The molecule has 6 heteroatoms. The number of amides is 1. The standard InChI is InChI=1S/C18H20N4O2/c1-11(23)21-8-12-2-15(10-21)17-4-13(5-18(24)22(17)9-12)14-3-16(19)7-20-6-14/h3-7,12,15H,2,8-10,19H2,1H3/t12-,15+/m0/s1. The molecule has 2 bridgehead atoms. The van der Waals surface area contributed by atoms with Crippen LogP contribution < -0.4 is 11.3 Å². The molecule has 2 aliphatic heterocycles. The number of hydrogen-bond donors (Lipinski definition) is 1. The summed E-state index contributed by atoms with van der Waals surface area (Å²) in [6, 6.07) is 5.54. The number of hydrogen-bond acceptors (Lipinski definition) is 4. The number of fused-ring (bicyclic) bond motifs is 4. The lowest BCUT2D eigenvalue weighted by molar-refractivity contribution is -0.131. The highest BCUT2D eigenvalue weighted by Gasteiger charge is 2.35. The summed E-state index contributed by atoms with van der Waals surface area (Å²) in [5.74, 6) is 0.678. The lowest BCUT2D eigenvalue weighted by Crippen LogP contribution is -2.48. The monoisotopic (exact) mass is 324 g/mol. The van der Waals surface area contributed by atoms with Crippen molar-refractivity contribution >= 4 is 11.6 Å². The molecule has 1 saturated heterocycles. The molecule has 24 heavy (non-hydrogen) atoms. The van der Waals surface area contributed by atoms with Gasteiger partial charge in [-0.25, -0.2) is 0 Å². The SMILES string of the molecule is CC(=O)N1C[C@@H]2C[C@H](C1)c1cc(-c3cncc(N)c3)cc(=O)n1C2. The number of carbonyl (C=O) groups excluding carboxylic acids is 1. The summed E-state index contributed by atoms with van der Waals surface area (Å²) in [6.45, 7) is 3.73. The van der Waals surface area contributed by atoms with Gasteiger partial charge >= 0.3 is 0 Å². The van der Waals surface area contributed by atoms with Gasteiger partial charge in [0, 0.05) is 62.2 Å². The Labute approximate surface area is 139 Å². The second kappa shape index (κ2) is 5.47. The first-order valence-electron chi connectivity index (χ1n) is 8.22. The van der Waals surface area contributed by atoms with Gasteiger partial charge in [0.25, 0.3) is 5.56 Å². The molecule has 1 amide bonds. The minimum absolute atomic E-state index is 0.0101. The molecule has 2 atom stereocenters. The summed E-state index contributed by atoms with van der Waals surface area (Å²) in [5.41, 5.74) is 9.10. The van der Waals surface area contributed by atoms with Crippen LogP contribution in [0.4, 0.5) is 5.69 Å². The van der Waals surface area contributed by atoms with Crippen LogP contribution in [0.1, 0.15) is 25.0 Å². The first-order chi connectivity index (χ1) is 11.5. The fraction of sp³-hybridized carbons (Fsp3) is 0.389. The van der Waals surface area contributed by atoms with Crippen LogP contribution >= 0.6 is 0 Å². The molecule has 2 N–H and O–H groups in total. The van der Waals surface area contributed by atoms with Crippen molar-refractivity contribution in [1.29, 1.82) is 0 Å². The van der Waals surface area contributed by atoms with E-state index in [1.807, 2.05) is 15.5 Å². The van der Waals surface area contributed by atoms with Gasteiger partial charge in [-0.05, 0) is 30.0 Å². The molecule has 0 radical (unpaired) electrons. The molecule has 2 aromatic heterocycles. The van der Waals surface area contributed by atoms with E-state index in [4.69, 9.17) is 5.73 Å². The maximum absolute atomic E-state index is 12.6. The Morgan fingerprint density at radius 1 is 1.17 bits per heavy atom. The Balaban J connectivity index is 1.79. The molecule has 0 saturated carbocycles. The number of anilines is 1. The fourth-order valence-corrected chi connectivity index (χ4v) is 4.00. The topological polar surface area (TPSA) is 81.2 Å². The Hall–Kier alpha value is -2.63. The normalized spacial score (nSPS) is 22.1. The second-order valence-corrected chi connectivity index (χ2v) is 6.85. The van der Waals surface area contributed by atoms with Gasteiger partial charge in [0.2, 0.25) is 5.91 Å². The van der Waals surface area contributed by atoms with Crippen molar-refractivity contribution in [2.75, 3.05) is 18.8 Å². The highest BCUT2D eigenvalue weighted by atomic mass is 16.2. The molecule has 0 aromatic carbocycles. The minimum Gasteiger partial charge on any atom is -0.397 e. The van der Waals surface area contributed by atoms with Crippen LogP contribution in [-0.4, -0.2) is 33.4 Å². The van der Waals surface area contributed by atoms with Crippen molar-refractivity contribution in [3.05, 3.63) is 46.6 Å². The van der Waals surface area contributed by atoms with Crippen molar-refractivity contribution in [3.63, 3.8) is 0 Å². The highest BCUT2D eigenvalue weighted by Crippen LogP contribution is 2.36. The van der Waals surface area contributed by atoms with Crippen molar-refractivity contribution in [2.45, 2.75) is 25.8 Å². The molecule has 124 valence electrons. The average molecular weight is 324 g/mol. The van der Waals surface area contributed by atoms with Crippen molar-refractivity contribution < 1.29 is 4.79 Å². The maximum Gasteiger partial charge on any atom is 0.251 e. The predicted octanol–water partition coefficient (Wildman–Crippen LogP) is 1.46. The Bertz CT molecular complexity index is 874. The summed E-state index contributed by atoms with van der Waals surface area (Å²) >= 11 is 0. The minimum atomic E-state index is 0.0101. The van der Waals surface area contributed by atoms with Crippen molar-refractivity contribution in [1.82, 2.24) is 14.5 Å². The third-order valence-electron chi connectivity index (χ3n) is 5.09. The van der Waals surface area contributed by atoms with E-state index >= 15 is 0 Å². The van der Waals surface area contributed by atoms with Gasteiger partial charge in [-0.3, -0.25) is 14.6 Å². The second-order valence-electron chi connectivity index (χ2n) is 6.85. The number of nitrogen functional groups attached to an aromatic ring is 1. The molecule has 4 heterocycles. The summed E-state index contributed by atoms with van der Waals surface area (Å²) in [6.07, 6.45) is 4.34. The van der Waals surface area contributed by atoms with Gasteiger partial charge in [-0.15, -0.1) is 0 Å². The number of carbonyl (C=O) groups is 1. The van der Waals surface area contributed by atoms with Crippen LogP contribution in [0.25, 0.3) is 11.1 Å². The molecule has 1 fully saturated rings. The number of likely N-dealkylation sites (tertiary alicyclic amines) is 1. The Kier molecular flexibility index (Phi) is 3.40. The summed E-state index contributed by atoms with van der Waals surface area (Å²) in [4.78, 5) is 30.4. The molecule has 0 spiro atoms. The lowest BCUT2D eigenvalue weighted by atomic mass is 9.82. The third kappa shape index (κ3) is 2.48. The number of pyridine rings is 2. The zero-order valence-corrected chi connectivity index (χ0v) is 13.6. The van der Waals surface area contributed by atoms with Crippen LogP contribution in [-0.2, 0) is 11.3 Å². The average Bonchev–Trinajstić information content (AvgIpc) is 2.55. The third-order valence-corrected chi connectivity index (χ3v) is 5.09. The van der Waals surface area contributed by atoms with E-state index in [1.54, 1.807) is 25.4 Å². The van der Waals surface area contributed by atoms with Gasteiger partial charge in [0.1, 0.15) is 0 Å². The van der Waals surface area contributed by atoms with E-state index in [1.165, 1.54) is 0 Å². The first-order valence-corrected chi connectivity index (χ1v) is 8.22. The number of nitrogens with zero attached hydrogens (tertiary/aromatic N) is 3. The van der Waals surface area contributed by atoms with Gasteiger partial charge < -0.3 is 15.2 Å². The molecule has 0 aliphatic carbocycles. The van der Waals surface area contributed by atoms with Gasteiger partial charge in [0.05, 0.1) is 5.69 Å². The molecule has 4 rings (SSSR count). The first kappa shape index (κ1) is 14.9. The zero-order chi connectivity index (χ0) is 16.8. The summed E-state index contributed by atoms with van der Waals surface area (Å²) < 4.78 is 1.87. The van der Waals surface area contributed by atoms with Crippen LogP contribution in [0.2, 0.25) is 0 Å². The fourth-order valence-electron chi connectivity index (χ4n) is 4.00. The van der Waals surface area contributed by atoms with Gasteiger partial charge in [0.15, 0.2) is 0 Å². The van der Waals surface area contributed by atoms with Crippen LogP contribution in [0, 0.1) is 5.92 Å². The van der Waals surface area contributed by atoms with Crippen molar-refractivity contribution in [2.24, 2.45) is 5.92 Å². The van der Waals surface area contributed by atoms with E-state index in [9.17, 15) is 9.59 Å². The van der Waals surface area contributed by atoms with E-state index in [0.717, 1.165) is 29.8 Å². The molecular formula is C18H20N4O2. The molecule has 2 aliphatic rings. The molecular weight excluding hydrogens is 304 g/mol. The number of rotatable bonds is 1. The van der Waals surface area contributed by atoms with Crippen LogP contribution in [0.15, 0.2) is 35.4 Å². The number of nitrogens with two attached hydrogens (primary N) is 1. The van der Waals surface area contributed by atoms with E-state index in [2.05, 4.69) is 11.1 Å². The summed E-state index contributed by atoms with van der Waals surface area (Å²) in [5, 5.41) is 0. The van der Waals surface area contributed by atoms with Gasteiger partial charge in [-0.2, -0.15) is 0 Å². The van der Waals surface area contributed by atoms with E-state index < -0.39 is 0 Å². The smallest absolute Gasteiger partial charge is 0.251 e. The maximum atomic E-state index is 12.6. The van der Waals surface area contributed by atoms with Gasteiger partial charge in [-0.1, -0.05) is 0 Å². The quantitative estimate of drug-likeness (QED) is 0.861. The predicted molar refractivity (Wildman–Crippen MR) is 91.4 cm³/mol. The largest absolute Gasteiger partial charge is 0.397 e. The van der Waals surface area contributed by atoms with Crippen molar-refractivity contribution in [3.8, 4) is 11.1 Å². The molecule has 0 unspecified atom stereocenters.